The van der Waals surface area contributed by atoms with Gasteiger partial charge in [0.1, 0.15) is 5.01 Å². The molecule has 0 saturated carbocycles. The number of rotatable bonds is 5. The lowest BCUT2D eigenvalue weighted by Crippen LogP contribution is -2.30. The minimum atomic E-state index is -0.837. The highest BCUT2D eigenvalue weighted by atomic mass is 32.1. The number of hydrogen-bond acceptors (Lipinski definition) is 7. The van der Waals surface area contributed by atoms with Gasteiger partial charge in [-0.05, 0) is 30.2 Å². The molecular weight excluding hydrogens is 388 g/mol. The Balaban J connectivity index is 1.77. The van der Waals surface area contributed by atoms with Crippen molar-refractivity contribution in [2.45, 2.75) is 13.0 Å². The minimum absolute atomic E-state index is 0.0111. The fourth-order valence-corrected chi connectivity index (χ4v) is 3.83. The summed E-state index contributed by atoms with van der Waals surface area (Å²) in [5.74, 6) is -1.74. The Morgan fingerprint density at radius 2 is 1.97 bits per heavy atom. The van der Waals surface area contributed by atoms with Crippen LogP contribution in [0.25, 0.3) is 6.08 Å². The van der Waals surface area contributed by atoms with Crippen LogP contribution < -0.4 is 4.90 Å². The van der Waals surface area contributed by atoms with E-state index in [1.165, 1.54) is 22.3 Å². The number of amides is 1. The number of hydrogen-bond donors (Lipinski definition) is 1. The molecule has 0 aliphatic carbocycles. The second-order valence-electron chi connectivity index (χ2n) is 6.34. The molecule has 0 fully saturated rings. The molecule has 0 radical (unpaired) electrons. The summed E-state index contributed by atoms with van der Waals surface area (Å²) in [7, 11) is 0. The number of anilines is 1. The number of nitrogens with zero attached hydrogens (tertiary/aromatic N) is 4. The Labute approximate surface area is 170 Å². The molecule has 1 N–H and O–H groups in total. The number of allylic oxidation sites excluding steroid dienone is 1. The maximum Gasteiger partial charge on any atom is 0.296 e. The van der Waals surface area contributed by atoms with E-state index in [-0.39, 0.29) is 5.57 Å². The first-order chi connectivity index (χ1) is 14.1. The third kappa shape index (κ3) is 3.57. The van der Waals surface area contributed by atoms with Gasteiger partial charge in [0.2, 0.25) is 5.13 Å². The van der Waals surface area contributed by atoms with Crippen LogP contribution in [0.2, 0.25) is 0 Å². The SMILES string of the molecule is Cc1nnc(N2C(=O)C(O)=C(C(=O)/C=C/c3ccccc3)C2c2cccnc2)s1. The molecular formula is C21H16N4O3S. The minimum Gasteiger partial charge on any atom is -0.503 e. The molecule has 1 aliphatic rings. The number of aromatic nitrogens is 3. The van der Waals surface area contributed by atoms with Gasteiger partial charge in [-0.25, -0.2) is 0 Å². The highest BCUT2D eigenvalue weighted by Crippen LogP contribution is 2.41. The van der Waals surface area contributed by atoms with Crippen LogP contribution in [0.5, 0.6) is 0 Å². The van der Waals surface area contributed by atoms with Crippen molar-refractivity contribution in [1.29, 1.82) is 0 Å². The van der Waals surface area contributed by atoms with Gasteiger partial charge in [-0.3, -0.25) is 19.5 Å². The maximum absolute atomic E-state index is 13.0. The molecule has 2 aromatic heterocycles. The van der Waals surface area contributed by atoms with Crippen LogP contribution in [-0.4, -0.2) is 32.0 Å². The summed E-state index contributed by atoms with van der Waals surface area (Å²) in [6, 6.07) is 11.9. The molecule has 3 aromatic rings. The predicted octanol–water partition coefficient (Wildman–Crippen LogP) is 3.42. The molecule has 3 heterocycles. The fourth-order valence-electron chi connectivity index (χ4n) is 3.12. The van der Waals surface area contributed by atoms with E-state index in [1.54, 1.807) is 37.5 Å². The molecule has 8 heteroatoms. The Morgan fingerprint density at radius 1 is 1.17 bits per heavy atom. The van der Waals surface area contributed by atoms with Gasteiger partial charge < -0.3 is 5.11 Å². The van der Waals surface area contributed by atoms with Crippen LogP contribution in [0.3, 0.4) is 0 Å². The molecule has 0 spiro atoms. The van der Waals surface area contributed by atoms with Crippen molar-refractivity contribution >= 4 is 34.2 Å². The van der Waals surface area contributed by atoms with E-state index in [0.717, 1.165) is 5.56 Å². The molecule has 1 unspecified atom stereocenters. The van der Waals surface area contributed by atoms with E-state index >= 15 is 0 Å². The van der Waals surface area contributed by atoms with E-state index in [4.69, 9.17) is 0 Å². The number of aryl methyl sites for hydroxylation is 1. The van der Waals surface area contributed by atoms with Gasteiger partial charge in [0.15, 0.2) is 11.5 Å². The second-order valence-corrected chi connectivity index (χ2v) is 7.50. The zero-order valence-electron chi connectivity index (χ0n) is 15.4. The van der Waals surface area contributed by atoms with Gasteiger partial charge in [0.25, 0.3) is 5.91 Å². The average molecular weight is 404 g/mol. The van der Waals surface area contributed by atoms with Crippen molar-refractivity contribution in [3.05, 3.63) is 88.4 Å². The van der Waals surface area contributed by atoms with Crippen LogP contribution in [0.15, 0.2) is 72.3 Å². The zero-order chi connectivity index (χ0) is 20.4. The Kier molecular flexibility index (Phi) is 5.01. The summed E-state index contributed by atoms with van der Waals surface area (Å²) in [4.78, 5) is 31.2. The molecule has 29 heavy (non-hydrogen) atoms. The lowest BCUT2D eigenvalue weighted by atomic mass is 9.97. The van der Waals surface area contributed by atoms with E-state index in [0.29, 0.717) is 15.7 Å². The van der Waals surface area contributed by atoms with Gasteiger partial charge in [-0.2, -0.15) is 0 Å². The fraction of sp³-hybridized carbons (Fsp3) is 0.0952. The highest BCUT2D eigenvalue weighted by molar-refractivity contribution is 7.15. The number of carbonyl (C=O) groups excluding carboxylic acids is 2. The van der Waals surface area contributed by atoms with Crippen LogP contribution in [-0.2, 0) is 9.59 Å². The molecule has 1 atom stereocenters. The number of aliphatic hydroxyl groups is 1. The molecule has 1 aromatic carbocycles. The summed E-state index contributed by atoms with van der Waals surface area (Å²) < 4.78 is 0. The summed E-state index contributed by atoms with van der Waals surface area (Å²) in [6.45, 7) is 1.77. The van der Waals surface area contributed by atoms with E-state index in [2.05, 4.69) is 15.2 Å². The molecule has 144 valence electrons. The quantitative estimate of drug-likeness (QED) is 0.655. The molecule has 0 bridgehead atoms. The van der Waals surface area contributed by atoms with E-state index < -0.39 is 23.5 Å². The molecule has 1 aliphatic heterocycles. The molecule has 1 amide bonds. The normalized spacial score (nSPS) is 16.8. The highest BCUT2D eigenvalue weighted by Gasteiger charge is 2.45. The van der Waals surface area contributed by atoms with Crippen LogP contribution >= 0.6 is 11.3 Å². The van der Waals surface area contributed by atoms with Crippen LogP contribution in [0.4, 0.5) is 5.13 Å². The Morgan fingerprint density at radius 3 is 2.62 bits per heavy atom. The van der Waals surface area contributed by atoms with Gasteiger partial charge in [0.05, 0.1) is 11.6 Å². The first kappa shape index (κ1) is 18.7. The smallest absolute Gasteiger partial charge is 0.296 e. The number of carbonyl (C=O) groups is 2. The standard InChI is InChI=1S/C21H16N4O3S/c1-13-23-24-21(29-13)25-18(15-8-5-11-22-12-15)17(19(27)20(25)28)16(26)10-9-14-6-3-2-4-7-14/h2-12,18,27H,1H3/b10-9+. The molecule has 0 saturated heterocycles. The lowest BCUT2D eigenvalue weighted by molar-refractivity contribution is -0.117. The van der Waals surface area contributed by atoms with Gasteiger partial charge in [-0.1, -0.05) is 53.8 Å². The number of ketones is 1. The van der Waals surface area contributed by atoms with Crippen molar-refractivity contribution < 1.29 is 14.7 Å². The average Bonchev–Trinajstić information content (AvgIpc) is 3.28. The first-order valence-electron chi connectivity index (χ1n) is 8.80. The summed E-state index contributed by atoms with van der Waals surface area (Å²) in [5.41, 5.74) is 1.41. The lowest BCUT2D eigenvalue weighted by Gasteiger charge is -2.23. The summed E-state index contributed by atoms with van der Waals surface area (Å²) in [5, 5.41) is 19.5. The number of aliphatic hydroxyl groups excluding tert-OH is 1. The third-order valence-corrected chi connectivity index (χ3v) is 5.26. The Bertz CT molecular complexity index is 1120. The summed E-state index contributed by atoms with van der Waals surface area (Å²) >= 11 is 1.21. The van der Waals surface area contributed by atoms with Crippen LogP contribution in [0, 0.1) is 6.92 Å². The first-order valence-corrected chi connectivity index (χ1v) is 9.62. The number of pyridine rings is 1. The monoisotopic (exact) mass is 404 g/mol. The van der Waals surface area contributed by atoms with Crippen molar-refractivity contribution in [3.8, 4) is 0 Å². The molecule has 7 nitrogen and oxygen atoms in total. The number of benzene rings is 1. The predicted molar refractivity (Wildman–Crippen MR) is 109 cm³/mol. The van der Waals surface area contributed by atoms with Crippen molar-refractivity contribution in [2.75, 3.05) is 4.90 Å². The topological polar surface area (TPSA) is 96.3 Å². The summed E-state index contributed by atoms with van der Waals surface area (Å²) in [6.07, 6.45) is 6.16. The van der Waals surface area contributed by atoms with Crippen molar-refractivity contribution in [1.82, 2.24) is 15.2 Å². The van der Waals surface area contributed by atoms with E-state index in [1.807, 2.05) is 30.3 Å². The molecule has 4 rings (SSSR count). The van der Waals surface area contributed by atoms with Crippen molar-refractivity contribution in [3.63, 3.8) is 0 Å². The Hall–Kier alpha value is -3.65. The zero-order valence-corrected chi connectivity index (χ0v) is 16.2. The van der Waals surface area contributed by atoms with Gasteiger partial charge in [-0.15, -0.1) is 10.2 Å². The largest absolute Gasteiger partial charge is 0.503 e. The van der Waals surface area contributed by atoms with E-state index in [9.17, 15) is 14.7 Å². The van der Waals surface area contributed by atoms with Gasteiger partial charge >= 0.3 is 0 Å². The maximum atomic E-state index is 13.0. The van der Waals surface area contributed by atoms with Crippen LogP contribution in [0.1, 0.15) is 22.2 Å². The van der Waals surface area contributed by atoms with Crippen molar-refractivity contribution in [2.24, 2.45) is 0 Å². The third-order valence-electron chi connectivity index (χ3n) is 4.42. The second kappa shape index (κ2) is 7.76. The van der Waals surface area contributed by atoms with Gasteiger partial charge in [0, 0.05) is 12.4 Å².